The molecule has 2 saturated heterocycles. The van der Waals surface area contributed by atoms with Crippen LogP contribution in [-0.2, 0) is 47.7 Å². The average molecular weight is 914 g/mol. The fourth-order valence-electron chi connectivity index (χ4n) is 10.1. The van der Waals surface area contributed by atoms with Crippen LogP contribution in [0, 0.1) is 41.4 Å². The Bertz CT molecular complexity index is 1760. The molecule has 1 saturated carbocycles. The largest absolute Gasteiger partial charge is 0.461 e. The molecule has 14 nitrogen and oxygen atoms in total. The number of piperidine rings is 1. The van der Waals surface area contributed by atoms with E-state index in [9.17, 15) is 39.3 Å². The highest BCUT2D eigenvalue weighted by Gasteiger charge is 2.52. The molecule has 0 aromatic rings. The van der Waals surface area contributed by atoms with Crippen LogP contribution >= 0.6 is 0 Å². The molecule has 14 heteroatoms. The summed E-state index contributed by atoms with van der Waals surface area (Å²) in [5.74, 6) is -8.17. The third-order valence-electron chi connectivity index (χ3n) is 14.5. The zero-order chi connectivity index (χ0) is 48.2. The minimum Gasteiger partial charge on any atom is -0.461 e. The van der Waals surface area contributed by atoms with Crippen LogP contribution in [0.4, 0.5) is 0 Å². The molecule has 0 spiro atoms. The number of hydrogen-bond donors (Lipinski definition) is 3. The molecule has 3 heterocycles. The minimum atomic E-state index is -2.37. The molecule has 0 aromatic carbocycles. The predicted molar refractivity (Wildman–Crippen MR) is 245 cm³/mol. The van der Waals surface area contributed by atoms with Gasteiger partial charge in [0.05, 0.1) is 30.3 Å². The van der Waals surface area contributed by atoms with Gasteiger partial charge in [-0.3, -0.25) is 24.0 Å². The fraction of sp³-hybridized carbons (Fsp3) is 0.745. The van der Waals surface area contributed by atoms with Gasteiger partial charge in [-0.05, 0) is 101 Å². The molecule has 15 atom stereocenters. The molecule has 4 bridgehead atoms. The van der Waals surface area contributed by atoms with Gasteiger partial charge in [-0.15, -0.1) is 0 Å². The minimum absolute atomic E-state index is 0.0192. The van der Waals surface area contributed by atoms with Gasteiger partial charge in [-0.1, -0.05) is 71.1 Å². The Labute approximate surface area is 387 Å². The van der Waals surface area contributed by atoms with Gasteiger partial charge >= 0.3 is 5.97 Å². The highest BCUT2D eigenvalue weighted by atomic mass is 16.6. The molecular weight excluding hydrogens is 835 g/mol. The number of methoxy groups -OCH3 is 3. The van der Waals surface area contributed by atoms with Gasteiger partial charge in [0.1, 0.15) is 24.1 Å². The van der Waals surface area contributed by atoms with Gasteiger partial charge in [-0.2, -0.15) is 0 Å². The molecule has 1 amide bonds. The van der Waals surface area contributed by atoms with E-state index in [0.717, 1.165) is 12.0 Å². The second-order valence-corrected chi connectivity index (χ2v) is 19.7. The van der Waals surface area contributed by atoms with Crippen LogP contribution in [0.3, 0.4) is 0 Å². The predicted octanol–water partition coefficient (Wildman–Crippen LogP) is 6.04. The van der Waals surface area contributed by atoms with Gasteiger partial charge in [0.2, 0.25) is 5.79 Å². The standard InChI is InChI=1S/C51H79NO13/c1-30-15-12-11-13-16-31(2)42(61-8)27-39-20-18-36(7)51(60,65-39)48(57)49(58)52-22-14-17-38(29-52)50(59)64-43(33(4)25-37-19-21-40(53)44(26-37)62-9)28-41(54)32(3)24-35(6)46(56)47(63-10)45(55)34(5)23-30/h11-13,15-16,24,30,32-34,36-40,42-44,46-47,53,56,60H,14,17-23,25-29H2,1-10H3/b13-11+,15-12+,31-16+,35-24+/t30-,32-,33-,34-,36-,37+,38?,39+,40-,42+,43+,44-,46-,47+,51-/m1/s1. The summed E-state index contributed by atoms with van der Waals surface area (Å²) in [4.78, 5) is 71.1. The van der Waals surface area contributed by atoms with E-state index in [1.165, 1.54) is 12.0 Å². The van der Waals surface area contributed by atoms with E-state index in [1.807, 2.05) is 58.1 Å². The van der Waals surface area contributed by atoms with Gasteiger partial charge in [0.15, 0.2) is 5.78 Å². The van der Waals surface area contributed by atoms with Crippen LogP contribution in [-0.4, -0.2) is 132 Å². The van der Waals surface area contributed by atoms with Crippen molar-refractivity contribution in [3.8, 4) is 0 Å². The Kier molecular flexibility index (Phi) is 21.0. The third kappa shape index (κ3) is 14.6. The van der Waals surface area contributed by atoms with Crippen molar-refractivity contribution in [2.45, 2.75) is 168 Å². The number of esters is 1. The van der Waals surface area contributed by atoms with Crippen LogP contribution in [0.1, 0.15) is 119 Å². The molecule has 1 unspecified atom stereocenters. The molecular formula is C51H79NO13. The number of fused-ring (bicyclic) bond motifs is 4. The lowest BCUT2D eigenvalue weighted by molar-refractivity contribution is -0.265. The molecule has 1 aliphatic carbocycles. The van der Waals surface area contributed by atoms with E-state index in [0.29, 0.717) is 63.4 Å². The first-order valence-electron chi connectivity index (χ1n) is 23.9. The number of amides is 1. The molecule has 65 heavy (non-hydrogen) atoms. The van der Waals surface area contributed by atoms with Gasteiger partial charge in [0.25, 0.3) is 11.7 Å². The van der Waals surface area contributed by atoms with Crippen LogP contribution < -0.4 is 0 Å². The summed E-state index contributed by atoms with van der Waals surface area (Å²) in [6, 6.07) is 0. The van der Waals surface area contributed by atoms with Gasteiger partial charge in [-0.25, -0.2) is 0 Å². The van der Waals surface area contributed by atoms with Crippen molar-refractivity contribution in [2.75, 3.05) is 34.4 Å². The van der Waals surface area contributed by atoms with E-state index in [-0.39, 0.29) is 54.9 Å². The molecule has 0 aromatic heterocycles. The molecule has 0 radical (unpaired) electrons. The molecule has 4 rings (SSSR count). The molecule has 366 valence electrons. The van der Waals surface area contributed by atoms with Crippen molar-refractivity contribution in [1.29, 1.82) is 0 Å². The number of ether oxygens (including phenoxy) is 5. The SMILES string of the molecule is CO[C@H]1C[C@@H]2CC[C@@H](C)[C@@](O)(O2)C(=O)C(=O)N2CCCC(C2)C(=O)O[C@H]([C@H](C)C[C@@H]2CC[C@@H](O)[C@H](OC)C2)CC(=O)[C@H](C)/C=C(\C)[C@@H](O)[C@@H](OC)C(=O)[C@H](C)C[C@H](C)/C=C/C=C/C=C/1C. The fourth-order valence-corrected chi connectivity index (χ4v) is 10.1. The van der Waals surface area contributed by atoms with Crippen molar-refractivity contribution in [3.05, 3.63) is 47.6 Å². The number of aliphatic hydroxyl groups excluding tert-OH is 2. The van der Waals surface area contributed by atoms with E-state index in [4.69, 9.17) is 23.7 Å². The average Bonchev–Trinajstić information content (AvgIpc) is 3.28. The van der Waals surface area contributed by atoms with Crippen molar-refractivity contribution in [3.63, 3.8) is 0 Å². The van der Waals surface area contributed by atoms with Crippen molar-refractivity contribution in [2.24, 2.45) is 41.4 Å². The third-order valence-corrected chi connectivity index (χ3v) is 14.5. The van der Waals surface area contributed by atoms with Crippen molar-refractivity contribution >= 4 is 29.2 Å². The van der Waals surface area contributed by atoms with Crippen LogP contribution in [0.15, 0.2) is 47.6 Å². The monoisotopic (exact) mass is 914 g/mol. The number of cyclic esters (lactones) is 1. The Balaban J connectivity index is 1.66. The number of nitrogens with zero attached hydrogens (tertiary/aromatic N) is 1. The maximum Gasteiger partial charge on any atom is 0.311 e. The Hall–Kier alpha value is -3.37. The topological polar surface area (TPSA) is 195 Å². The van der Waals surface area contributed by atoms with Crippen molar-refractivity contribution in [1.82, 2.24) is 4.90 Å². The summed E-state index contributed by atoms with van der Waals surface area (Å²) in [6.45, 7) is 12.8. The number of rotatable bonds is 6. The quantitative estimate of drug-likeness (QED) is 0.159. The van der Waals surface area contributed by atoms with Crippen LogP contribution in [0.2, 0.25) is 0 Å². The molecule has 4 aliphatic rings. The lowest BCUT2D eigenvalue weighted by Gasteiger charge is -2.42. The first-order valence-corrected chi connectivity index (χ1v) is 23.9. The van der Waals surface area contributed by atoms with Gasteiger partial charge in [0, 0.05) is 65.0 Å². The van der Waals surface area contributed by atoms with Crippen molar-refractivity contribution < 1.29 is 63.0 Å². The van der Waals surface area contributed by atoms with E-state index < -0.39 is 83.7 Å². The number of ketones is 3. The number of carbonyl (C=O) groups is 5. The second kappa shape index (κ2) is 25.1. The summed E-state index contributed by atoms with van der Waals surface area (Å²) >= 11 is 0. The normalized spacial score (nSPS) is 40.4. The number of allylic oxidation sites excluding steroid dienone is 6. The van der Waals surface area contributed by atoms with Gasteiger partial charge < -0.3 is 43.9 Å². The van der Waals surface area contributed by atoms with Crippen LogP contribution in [0.25, 0.3) is 0 Å². The maximum absolute atomic E-state index is 14.1. The smallest absolute Gasteiger partial charge is 0.311 e. The van der Waals surface area contributed by atoms with E-state index in [2.05, 4.69) is 0 Å². The summed E-state index contributed by atoms with van der Waals surface area (Å²) in [7, 11) is 4.54. The number of carbonyl (C=O) groups excluding carboxylic acids is 5. The first kappa shape index (κ1) is 54.2. The zero-order valence-electron chi connectivity index (χ0n) is 40.6. The summed E-state index contributed by atoms with van der Waals surface area (Å²) in [5.41, 5.74) is 1.29. The Morgan fingerprint density at radius 1 is 0.862 bits per heavy atom. The summed E-state index contributed by atoms with van der Waals surface area (Å²) in [5, 5.41) is 33.7. The van der Waals surface area contributed by atoms with E-state index >= 15 is 0 Å². The lowest BCUT2D eigenvalue weighted by atomic mass is 9.78. The first-order chi connectivity index (χ1) is 30.7. The van der Waals surface area contributed by atoms with E-state index in [1.54, 1.807) is 41.1 Å². The molecule has 3 aliphatic heterocycles. The zero-order valence-corrected chi connectivity index (χ0v) is 40.6. The van der Waals surface area contributed by atoms with Crippen LogP contribution in [0.5, 0.6) is 0 Å². The highest BCUT2D eigenvalue weighted by Crippen LogP contribution is 2.37. The lowest BCUT2D eigenvalue weighted by Crippen LogP contribution is -2.59. The molecule has 3 N–H and O–H groups in total. The maximum atomic E-state index is 14.1. The molecule has 3 fully saturated rings. The number of aliphatic hydroxyl groups is 3. The Morgan fingerprint density at radius 2 is 1.58 bits per heavy atom. The summed E-state index contributed by atoms with van der Waals surface area (Å²) < 4.78 is 29.3. The summed E-state index contributed by atoms with van der Waals surface area (Å²) in [6.07, 6.45) is 11.1. The second-order valence-electron chi connectivity index (χ2n) is 19.7. The highest BCUT2D eigenvalue weighted by molar-refractivity contribution is 6.38. The number of hydrogen-bond acceptors (Lipinski definition) is 13. The number of Topliss-reactive ketones (excluding diaryl/α,β-unsaturated/α-hetero) is 3. The Morgan fingerprint density at radius 3 is 2.26 bits per heavy atom.